The van der Waals surface area contributed by atoms with Crippen LogP contribution in [0.1, 0.15) is 22.5 Å². The molecule has 1 saturated heterocycles. The van der Waals surface area contributed by atoms with Crippen LogP contribution in [0, 0.1) is 0 Å². The number of hydrogen-bond donors (Lipinski definition) is 3. The average molecular weight is 566 g/mol. The van der Waals surface area contributed by atoms with E-state index in [1.807, 2.05) is 12.1 Å². The van der Waals surface area contributed by atoms with Gasteiger partial charge in [-0.05, 0) is 43.8 Å². The van der Waals surface area contributed by atoms with Gasteiger partial charge in [-0.25, -0.2) is 4.79 Å². The van der Waals surface area contributed by atoms with Crippen molar-refractivity contribution in [1.82, 2.24) is 19.7 Å². The lowest BCUT2D eigenvalue weighted by molar-refractivity contribution is 0.102. The molecule has 3 amide bonds. The molecule has 40 heavy (non-hydrogen) atoms. The van der Waals surface area contributed by atoms with Gasteiger partial charge in [0.15, 0.2) is 11.5 Å². The first-order chi connectivity index (χ1) is 19.4. The fourth-order valence-corrected chi connectivity index (χ4v) is 5.27. The van der Waals surface area contributed by atoms with Crippen LogP contribution in [0.4, 0.5) is 21.9 Å². The Morgan fingerprint density at radius 2 is 1.85 bits per heavy atom. The van der Waals surface area contributed by atoms with E-state index in [1.165, 1.54) is 11.3 Å². The van der Waals surface area contributed by atoms with Crippen LogP contribution in [0.2, 0.25) is 0 Å². The van der Waals surface area contributed by atoms with E-state index in [0.29, 0.717) is 54.9 Å². The summed E-state index contributed by atoms with van der Waals surface area (Å²) in [7, 11) is 2.14. The lowest BCUT2D eigenvalue weighted by Crippen LogP contribution is -2.45. The average Bonchev–Trinajstić information content (AvgIpc) is 3.37. The van der Waals surface area contributed by atoms with Crippen molar-refractivity contribution < 1.29 is 19.1 Å². The van der Waals surface area contributed by atoms with Gasteiger partial charge in [-0.3, -0.25) is 9.78 Å². The van der Waals surface area contributed by atoms with E-state index >= 15 is 0 Å². The van der Waals surface area contributed by atoms with E-state index in [2.05, 4.69) is 32.5 Å². The standard InChI is InChI=1S/C28H35N7O4S/c1-33-9-11-34(12-10-33)7-2-8-35(28(37)31-21-4-6-25-26(15-21)39-14-13-38-25)17-20-3-5-23(30-16-20)27(36)32-24-19-40-18-22(24)29/h3-6,15-16,18-19H,2,7-14,17,29H2,1H3,(H,31,37)(H,32,36). The van der Waals surface area contributed by atoms with Gasteiger partial charge in [0, 0.05) is 68.0 Å². The van der Waals surface area contributed by atoms with Gasteiger partial charge in [-0.15, -0.1) is 11.3 Å². The van der Waals surface area contributed by atoms with Crippen molar-refractivity contribution in [2.24, 2.45) is 0 Å². The molecule has 0 saturated carbocycles. The molecule has 12 heteroatoms. The highest BCUT2D eigenvalue weighted by Gasteiger charge is 2.19. The smallest absolute Gasteiger partial charge is 0.322 e. The molecule has 3 aromatic rings. The summed E-state index contributed by atoms with van der Waals surface area (Å²) in [6.45, 7) is 7.01. The number of thiophene rings is 1. The van der Waals surface area contributed by atoms with Gasteiger partial charge < -0.3 is 40.5 Å². The van der Waals surface area contributed by atoms with Crippen LogP contribution in [0.3, 0.4) is 0 Å². The Morgan fingerprint density at radius 1 is 1.05 bits per heavy atom. The highest BCUT2D eigenvalue weighted by atomic mass is 32.1. The summed E-state index contributed by atoms with van der Waals surface area (Å²) in [5, 5.41) is 9.32. The largest absolute Gasteiger partial charge is 0.486 e. The van der Waals surface area contributed by atoms with Crippen LogP contribution in [-0.4, -0.2) is 91.2 Å². The molecule has 2 aliphatic rings. The summed E-state index contributed by atoms with van der Waals surface area (Å²) in [4.78, 5) is 36.9. The molecule has 0 unspecified atom stereocenters. The van der Waals surface area contributed by atoms with Gasteiger partial charge in [0.2, 0.25) is 0 Å². The second-order valence-electron chi connectivity index (χ2n) is 9.96. The highest BCUT2D eigenvalue weighted by Crippen LogP contribution is 2.32. The molecule has 0 aliphatic carbocycles. The van der Waals surface area contributed by atoms with Crippen molar-refractivity contribution in [1.29, 1.82) is 0 Å². The molecule has 0 spiro atoms. The number of carbonyl (C=O) groups excluding carboxylic acids is 2. The van der Waals surface area contributed by atoms with Crippen molar-refractivity contribution in [3.63, 3.8) is 0 Å². The third kappa shape index (κ3) is 7.20. The minimum absolute atomic E-state index is 0.218. The monoisotopic (exact) mass is 565 g/mol. The van der Waals surface area contributed by atoms with E-state index in [4.69, 9.17) is 15.2 Å². The minimum Gasteiger partial charge on any atom is -0.486 e. The molecule has 5 rings (SSSR count). The number of pyridine rings is 1. The zero-order chi connectivity index (χ0) is 27.9. The van der Waals surface area contributed by atoms with Crippen LogP contribution in [0.25, 0.3) is 0 Å². The number of nitrogen functional groups attached to an aromatic ring is 1. The van der Waals surface area contributed by atoms with Crippen LogP contribution in [0.5, 0.6) is 11.5 Å². The number of ether oxygens (including phenoxy) is 2. The Morgan fingerprint density at radius 3 is 2.58 bits per heavy atom. The van der Waals surface area contributed by atoms with E-state index < -0.39 is 0 Å². The zero-order valence-corrected chi connectivity index (χ0v) is 23.4. The molecule has 2 aliphatic heterocycles. The maximum Gasteiger partial charge on any atom is 0.322 e. The van der Waals surface area contributed by atoms with Crippen LogP contribution < -0.4 is 25.8 Å². The van der Waals surface area contributed by atoms with Gasteiger partial charge in [-0.2, -0.15) is 0 Å². The van der Waals surface area contributed by atoms with Crippen molar-refractivity contribution in [2.45, 2.75) is 13.0 Å². The van der Waals surface area contributed by atoms with Crippen molar-refractivity contribution in [3.8, 4) is 11.5 Å². The highest BCUT2D eigenvalue weighted by molar-refractivity contribution is 7.09. The lowest BCUT2D eigenvalue weighted by Gasteiger charge is -2.33. The zero-order valence-electron chi connectivity index (χ0n) is 22.6. The Balaban J connectivity index is 1.23. The summed E-state index contributed by atoms with van der Waals surface area (Å²) in [5.74, 6) is 0.954. The molecule has 4 N–H and O–H groups in total. The Bertz CT molecular complexity index is 1310. The summed E-state index contributed by atoms with van der Waals surface area (Å²) in [5.41, 5.74) is 8.69. The number of fused-ring (bicyclic) bond motifs is 1. The molecule has 0 radical (unpaired) electrons. The predicted molar refractivity (Wildman–Crippen MR) is 156 cm³/mol. The summed E-state index contributed by atoms with van der Waals surface area (Å²) < 4.78 is 11.3. The van der Waals surface area contributed by atoms with Crippen molar-refractivity contribution in [3.05, 3.63) is 58.5 Å². The number of anilines is 3. The van der Waals surface area contributed by atoms with Gasteiger partial charge in [0.05, 0.1) is 11.4 Å². The number of piperazine rings is 1. The quantitative estimate of drug-likeness (QED) is 0.361. The molecular formula is C28H35N7O4S. The molecule has 0 bridgehead atoms. The Kier molecular flexibility index (Phi) is 8.99. The number of aromatic nitrogens is 1. The van der Waals surface area contributed by atoms with E-state index in [9.17, 15) is 9.59 Å². The van der Waals surface area contributed by atoms with E-state index in [-0.39, 0.29) is 17.6 Å². The number of rotatable bonds is 9. The van der Waals surface area contributed by atoms with E-state index in [0.717, 1.165) is 44.7 Å². The Hall–Kier alpha value is -3.87. The molecule has 2 aromatic heterocycles. The fraction of sp³-hybridized carbons (Fsp3) is 0.393. The second-order valence-corrected chi connectivity index (χ2v) is 10.7. The SMILES string of the molecule is CN1CCN(CCCN(Cc2ccc(C(=O)Nc3cscc3N)nc2)C(=O)Nc2ccc3c(c2)OCCO3)CC1. The first-order valence-corrected chi connectivity index (χ1v) is 14.3. The molecule has 212 valence electrons. The molecule has 0 atom stereocenters. The van der Waals surface area contributed by atoms with Gasteiger partial charge >= 0.3 is 6.03 Å². The first-order valence-electron chi connectivity index (χ1n) is 13.4. The Labute approximate surface area is 237 Å². The van der Waals surface area contributed by atoms with Gasteiger partial charge in [0.1, 0.15) is 18.9 Å². The number of urea groups is 1. The van der Waals surface area contributed by atoms with Gasteiger partial charge in [0.25, 0.3) is 5.91 Å². The molecule has 11 nitrogen and oxygen atoms in total. The van der Waals surface area contributed by atoms with Crippen LogP contribution in [-0.2, 0) is 6.54 Å². The molecule has 4 heterocycles. The lowest BCUT2D eigenvalue weighted by atomic mass is 10.2. The molecular weight excluding hydrogens is 530 g/mol. The number of amides is 3. The summed E-state index contributed by atoms with van der Waals surface area (Å²) in [6, 6.07) is 8.66. The number of nitrogens with zero attached hydrogens (tertiary/aromatic N) is 4. The first kappa shape index (κ1) is 27.7. The maximum atomic E-state index is 13.4. The third-order valence-corrected chi connectivity index (χ3v) is 7.71. The van der Waals surface area contributed by atoms with Gasteiger partial charge in [-0.1, -0.05) is 6.07 Å². The number of likely N-dealkylation sites (N-methyl/N-ethyl adjacent to an activating group) is 1. The molecule has 1 fully saturated rings. The normalized spacial score (nSPS) is 15.4. The number of carbonyl (C=O) groups is 2. The second kappa shape index (κ2) is 13.0. The predicted octanol–water partition coefficient (Wildman–Crippen LogP) is 3.42. The van der Waals surface area contributed by atoms with Crippen molar-refractivity contribution >= 4 is 40.3 Å². The number of hydrogen-bond acceptors (Lipinski definition) is 9. The third-order valence-electron chi connectivity index (χ3n) is 6.95. The molecule has 1 aromatic carbocycles. The number of benzene rings is 1. The summed E-state index contributed by atoms with van der Waals surface area (Å²) >= 11 is 1.42. The van der Waals surface area contributed by atoms with Crippen LogP contribution in [0.15, 0.2) is 47.3 Å². The number of nitrogens with one attached hydrogen (secondary N) is 2. The fourth-order valence-electron chi connectivity index (χ4n) is 4.60. The maximum absolute atomic E-state index is 13.4. The van der Waals surface area contributed by atoms with E-state index in [1.54, 1.807) is 40.1 Å². The topological polar surface area (TPSA) is 125 Å². The summed E-state index contributed by atoms with van der Waals surface area (Å²) in [6.07, 6.45) is 2.48. The minimum atomic E-state index is -0.336. The van der Waals surface area contributed by atoms with Crippen molar-refractivity contribution in [2.75, 3.05) is 75.9 Å². The number of nitrogens with two attached hydrogens (primary N) is 1. The van der Waals surface area contributed by atoms with Crippen LogP contribution >= 0.6 is 11.3 Å².